The fourth-order valence-electron chi connectivity index (χ4n) is 6.46. The first-order valence-corrected chi connectivity index (χ1v) is 14.5. The standard InChI is InChI=1S/C35H36N2O4/c1-40-30-16-15-26(22-31(30)41-27-12-6-7-13-27)32(23-9-3-2-4-10-23)33(24-17-19-36-20-18-24)35(39)37-34-28-14-8-5-11-25(28)21-29(34)38/h2-5,8-11,14-20,22,27,29,32-34,38H,6-7,12-13,21H2,1H3,(H,37,39)/t29-,32-,33?,34+/m1/s1. The second-order valence-corrected chi connectivity index (χ2v) is 11.0. The molecule has 0 aliphatic heterocycles. The average molecular weight is 549 g/mol. The molecule has 0 radical (unpaired) electrons. The molecule has 0 spiro atoms. The van der Waals surface area contributed by atoms with Gasteiger partial charge in [0.15, 0.2) is 11.5 Å². The van der Waals surface area contributed by atoms with E-state index in [0.717, 1.165) is 40.7 Å². The quantitative estimate of drug-likeness (QED) is 0.264. The third kappa shape index (κ3) is 5.70. The van der Waals surface area contributed by atoms with Crippen LogP contribution in [0.4, 0.5) is 0 Å². The summed E-state index contributed by atoms with van der Waals surface area (Å²) in [6, 6.07) is 27.4. The smallest absolute Gasteiger partial charge is 0.229 e. The summed E-state index contributed by atoms with van der Waals surface area (Å²) in [5, 5.41) is 14.2. The van der Waals surface area contributed by atoms with Gasteiger partial charge < -0.3 is 19.9 Å². The van der Waals surface area contributed by atoms with Gasteiger partial charge in [0.1, 0.15) is 0 Å². The molecule has 1 aromatic heterocycles. The van der Waals surface area contributed by atoms with Crippen LogP contribution in [-0.2, 0) is 11.2 Å². The molecule has 6 nitrogen and oxygen atoms in total. The molecule has 1 unspecified atom stereocenters. The van der Waals surface area contributed by atoms with Crippen LogP contribution in [0.3, 0.4) is 0 Å². The number of hydrogen-bond donors (Lipinski definition) is 2. The normalized spacial score (nSPS) is 19.8. The fourth-order valence-corrected chi connectivity index (χ4v) is 6.46. The molecule has 2 N–H and O–H groups in total. The van der Waals surface area contributed by atoms with E-state index >= 15 is 0 Å². The predicted octanol–water partition coefficient (Wildman–Crippen LogP) is 6.10. The van der Waals surface area contributed by atoms with Gasteiger partial charge >= 0.3 is 0 Å². The van der Waals surface area contributed by atoms with E-state index in [-0.39, 0.29) is 17.9 Å². The summed E-state index contributed by atoms with van der Waals surface area (Å²) in [5.74, 6) is 0.312. The number of nitrogens with one attached hydrogen (secondary N) is 1. The lowest BCUT2D eigenvalue weighted by Crippen LogP contribution is -2.39. The molecule has 2 aliphatic carbocycles. The lowest BCUT2D eigenvalue weighted by Gasteiger charge is -2.30. The van der Waals surface area contributed by atoms with Crippen molar-refractivity contribution in [2.75, 3.05) is 7.11 Å². The Hall–Kier alpha value is -4.16. The van der Waals surface area contributed by atoms with E-state index in [1.807, 2.05) is 72.8 Å². The first-order chi connectivity index (χ1) is 20.1. The summed E-state index contributed by atoms with van der Waals surface area (Å²) in [6.07, 6.45) is 7.84. The lowest BCUT2D eigenvalue weighted by molar-refractivity contribution is -0.124. The Labute approximate surface area is 241 Å². The molecule has 4 aromatic rings. The summed E-state index contributed by atoms with van der Waals surface area (Å²) in [5.41, 5.74) is 4.84. The number of aliphatic hydroxyl groups excluding tert-OH is 1. The van der Waals surface area contributed by atoms with E-state index in [0.29, 0.717) is 17.9 Å². The molecule has 41 heavy (non-hydrogen) atoms. The number of aromatic nitrogens is 1. The first-order valence-electron chi connectivity index (χ1n) is 14.5. The number of pyridine rings is 1. The van der Waals surface area contributed by atoms with Gasteiger partial charge in [-0.25, -0.2) is 0 Å². The Morgan fingerprint density at radius 1 is 0.878 bits per heavy atom. The molecule has 1 fully saturated rings. The zero-order valence-electron chi connectivity index (χ0n) is 23.3. The Balaban J connectivity index is 1.43. The minimum absolute atomic E-state index is 0.153. The maximum atomic E-state index is 14.4. The number of carbonyl (C=O) groups excluding carboxylic acids is 1. The zero-order chi connectivity index (χ0) is 28.2. The van der Waals surface area contributed by atoms with Crippen LogP contribution in [0.5, 0.6) is 11.5 Å². The van der Waals surface area contributed by atoms with Crippen molar-refractivity contribution in [2.45, 2.75) is 62.2 Å². The number of aliphatic hydroxyl groups is 1. The van der Waals surface area contributed by atoms with Crippen LogP contribution in [0.2, 0.25) is 0 Å². The molecule has 210 valence electrons. The molecule has 6 rings (SSSR count). The highest BCUT2D eigenvalue weighted by Gasteiger charge is 2.38. The van der Waals surface area contributed by atoms with Crippen LogP contribution in [0.1, 0.15) is 71.4 Å². The molecule has 1 amide bonds. The maximum absolute atomic E-state index is 14.4. The Kier molecular flexibility index (Phi) is 8.01. The number of methoxy groups -OCH3 is 1. The monoisotopic (exact) mass is 548 g/mol. The summed E-state index contributed by atoms with van der Waals surface area (Å²) in [6.45, 7) is 0. The molecule has 1 saturated carbocycles. The summed E-state index contributed by atoms with van der Waals surface area (Å²) >= 11 is 0. The Bertz CT molecular complexity index is 1470. The number of rotatable bonds is 9. The molecular weight excluding hydrogens is 512 g/mol. The highest BCUT2D eigenvalue weighted by atomic mass is 16.5. The van der Waals surface area contributed by atoms with Gasteiger partial charge in [-0.2, -0.15) is 0 Å². The van der Waals surface area contributed by atoms with Gasteiger partial charge in [-0.15, -0.1) is 0 Å². The van der Waals surface area contributed by atoms with Crippen LogP contribution in [0.25, 0.3) is 0 Å². The molecule has 2 aliphatic rings. The third-order valence-corrected chi connectivity index (χ3v) is 8.48. The minimum atomic E-state index is -0.683. The Morgan fingerprint density at radius 2 is 1.61 bits per heavy atom. The van der Waals surface area contributed by atoms with E-state index in [4.69, 9.17) is 9.47 Å². The lowest BCUT2D eigenvalue weighted by atomic mass is 9.76. The average Bonchev–Trinajstić information content (AvgIpc) is 3.64. The molecule has 0 bridgehead atoms. The van der Waals surface area contributed by atoms with Gasteiger partial charge in [0.2, 0.25) is 5.91 Å². The van der Waals surface area contributed by atoms with E-state index in [1.54, 1.807) is 19.5 Å². The van der Waals surface area contributed by atoms with Crippen molar-refractivity contribution in [3.63, 3.8) is 0 Å². The van der Waals surface area contributed by atoms with Crippen molar-refractivity contribution in [2.24, 2.45) is 0 Å². The number of nitrogens with zero attached hydrogens (tertiary/aromatic N) is 1. The number of hydrogen-bond acceptors (Lipinski definition) is 5. The second-order valence-electron chi connectivity index (χ2n) is 11.0. The number of benzene rings is 3. The SMILES string of the molecule is COc1ccc([C@@H](c2ccccc2)C(C(=O)N[C@H]2c3ccccc3C[C@H]2O)c2ccncc2)cc1OC1CCCC1. The van der Waals surface area contributed by atoms with Crippen molar-refractivity contribution < 1.29 is 19.4 Å². The highest BCUT2D eigenvalue weighted by Crippen LogP contribution is 2.43. The van der Waals surface area contributed by atoms with Crippen LogP contribution < -0.4 is 14.8 Å². The summed E-state index contributed by atoms with van der Waals surface area (Å²) < 4.78 is 12.1. The highest BCUT2D eigenvalue weighted by molar-refractivity contribution is 5.86. The zero-order valence-corrected chi connectivity index (χ0v) is 23.3. The number of fused-ring (bicyclic) bond motifs is 1. The molecule has 3 aromatic carbocycles. The van der Waals surface area contributed by atoms with Crippen LogP contribution in [-0.4, -0.2) is 35.3 Å². The summed E-state index contributed by atoms with van der Waals surface area (Å²) in [7, 11) is 1.66. The number of ether oxygens (including phenoxy) is 2. The van der Waals surface area contributed by atoms with Gasteiger partial charge in [0.25, 0.3) is 0 Å². The maximum Gasteiger partial charge on any atom is 0.229 e. The van der Waals surface area contributed by atoms with E-state index < -0.39 is 18.1 Å². The van der Waals surface area contributed by atoms with Crippen molar-refractivity contribution in [3.8, 4) is 11.5 Å². The summed E-state index contributed by atoms with van der Waals surface area (Å²) in [4.78, 5) is 18.7. The van der Waals surface area contributed by atoms with E-state index in [2.05, 4.69) is 22.4 Å². The van der Waals surface area contributed by atoms with Gasteiger partial charge in [-0.3, -0.25) is 9.78 Å². The molecular formula is C35H36N2O4. The van der Waals surface area contributed by atoms with Gasteiger partial charge in [-0.1, -0.05) is 60.7 Å². The van der Waals surface area contributed by atoms with Crippen LogP contribution >= 0.6 is 0 Å². The Morgan fingerprint density at radius 3 is 2.37 bits per heavy atom. The van der Waals surface area contributed by atoms with E-state index in [1.165, 1.54) is 12.8 Å². The van der Waals surface area contributed by atoms with Gasteiger partial charge in [-0.05, 0) is 77.8 Å². The van der Waals surface area contributed by atoms with Gasteiger partial charge in [0, 0.05) is 24.7 Å². The third-order valence-electron chi connectivity index (χ3n) is 8.48. The van der Waals surface area contributed by atoms with Crippen LogP contribution in [0.15, 0.2) is 97.3 Å². The molecule has 1 heterocycles. The topological polar surface area (TPSA) is 80.7 Å². The van der Waals surface area contributed by atoms with Crippen molar-refractivity contribution in [1.29, 1.82) is 0 Å². The fraction of sp³-hybridized carbons (Fsp3) is 0.314. The van der Waals surface area contributed by atoms with Gasteiger partial charge in [0.05, 0.1) is 31.3 Å². The molecule has 4 atom stereocenters. The van der Waals surface area contributed by atoms with Crippen LogP contribution in [0, 0.1) is 0 Å². The second kappa shape index (κ2) is 12.1. The number of amides is 1. The molecule has 6 heteroatoms. The molecule has 0 saturated heterocycles. The number of carbonyl (C=O) groups is 1. The largest absolute Gasteiger partial charge is 0.493 e. The minimum Gasteiger partial charge on any atom is -0.493 e. The van der Waals surface area contributed by atoms with Crippen molar-refractivity contribution in [3.05, 3.63) is 125 Å². The van der Waals surface area contributed by atoms with Crippen molar-refractivity contribution >= 4 is 5.91 Å². The van der Waals surface area contributed by atoms with E-state index in [9.17, 15) is 9.90 Å². The van der Waals surface area contributed by atoms with Crippen molar-refractivity contribution in [1.82, 2.24) is 10.3 Å². The predicted molar refractivity (Wildman–Crippen MR) is 158 cm³/mol. The first kappa shape index (κ1) is 27.0.